The number of aliphatic hydroxyl groups excluding tert-OH is 1. The number of carboxylic acids is 1. The topological polar surface area (TPSA) is 57.5 Å². The Morgan fingerprint density at radius 1 is 1.33 bits per heavy atom. The van der Waals surface area contributed by atoms with Crippen LogP contribution in [-0.2, 0) is 4.79 Å². The Hall–Kier alpha value is -0.780. The van der Waals surface area contributed by atoms with Crippen LogP contribution in [0.25, 0.3) is 0 Å². The van der Waals surface area contributed by atoms with E-state index in [2.05, 4.69) is 0 Å². The maximum Gasteiger partial charge on any atom is 0.332 e. The van der Waals surface area contributed by atoms with Crippen LogP contribution in [0, 0.1) is 0 Å². The van der Waals surface area contributed by atoms with Gasteiger partial charge in [0.15, 0.2) is 0 Å². The van der Waals surface area contributed by atoms with Gasteiger partial charge in [0, 0.05) is 0 Å². The van der Waals surface area contributed by atoms with Gasteiger partial charge < -0.3 is 10.2 Å². The second-order valence-corrected chi connectivity index (χ2v) is 1.01. The monoisotopic (exact) mass is 150 g/mol. The van der Waals surface area contributed by atoms with E-state index in [1.54, 1.807) is 0 Å². The number of rotatable bonds is 1. The van der Waals surface area contributed by atoms with Crippen molar-refractivity contribution in [1.29, 1.82) is 0 Å². The van der Waals surface area contributed by atoms with Crippen LogP contribution in [0.3, 0.4) is 0 Å². The zero-order valence-electron chi connectivity index (χ0n) is 4.60. The molecular weight excluding hydrogens is 141 g/mol. The Morgan fingerprint density at radius 3 is 1.44 bits per heavy atom. The minimum absolute atomic E-state index is 0. The fourth-order valence-electron chi connectivity index (χ4n) is 0. The van der Waals surface area contributed by atoms with Crippen molar-refractivity contribution in [2.45, 2.75) is 13.0 Å². The molecule has 0 aliphatic carbocycles. The Balaban J connectivity index is -0.0000000417. The van der Waals surface area contributed by atoms with E-state index in [1.807, 2.05) is 0 Å². The summed E-state index contributed by atoms with van der Waals surface area (Å²) < 4.78 is 0. The number of halogens is 3. The maximum atomic E-state index is 9.45. The second-order valence-electron chi connectivity index (χ2n) is 1.01. The van der Waals surface area contributed by atoms with Crippen molar-refractivity contribution < 1.29 is 29.1 Å². The molecule has 0 spiro atoms. The molecule has 9 heavy (non-hydrogen) atoms. The summed E-state index contributed by atoms with van der Waals surface area (Å²) in [4.78, 5) is 9.45. The zero-order chi connectivity index (χ0) is 5.15. The quantitative estimate of drug-likeness (QED) is 0.549. The van der Waals surface area contributed by atoms with E-state index in [4.69, 9.17) is 10.2 Å². The average Bonchev–Trinajstić information content (AvgIpc) is 1.36. The summed E-state index contributed by atoms with van der Waals surface area (Å²) in [6.07, 6.45) is -1.23. The Morgan fingerprint density at radius 2 is 1.44 bits per heavy atom. The zero-order valence-corrected chi connectivity index (χ0v) is 4.60. The normalized spacial score (nSPS) is 9.11. The van der Waals surface area contributed by atoms with Gasteiger partial charge in [-0.3, -0.25) is 14.1 Å². The highest BCUT2D eigenvalue weighted by molar-refractivity contribution is 5.71. The van der Waals surface area contributed by atoms with Gasteiger partial charge in [0.2, 0.25) is 0 Å². The third-order valence-corrected chi connectivity index (χ3v) is 0.357. The largest absolute Gasteiger partial charge is 0.479 e. The lowest BCUT2D eigenvalue weighted by Gasteiger charge is -1.89. The van der Waals surface area contributed by atoms with Crippen LogP contribution in [0.4, 0.5) is 14.1 Å². The Kier molecular flexibility index (Phi) is 27.4. The molecule has 0 radical (unpaired) electrons. The molecule has 0 aliphatic rings. The van der Waals surface area contributed by atoms with E-state index in [0.717, 1.165) is 0 Å². The maximum absolute atomic E-state index is 9.45. The molecule has 0 aromatic rings. The summed E-state index contributed by atoms with van der Waals surface area (Å²) in [5.74, 6) is -1.19. The molecule has 3 nitrogen and oxygen atoms in total. The van der Waals surface area contributed by atoms with Gasteiger partial charge in [-0.1, -0.05) is 0 Å². The van der Waals surface area contributed by atoms with E-state index in [9.17, 15) is 4.79 Å². The van der Waals surface area contributed by atoms with Crippen LogP contribution in [0.1, 0.15) is 6.92 Å². The van der Waals surface area contributed by atoms with E-state index in [0.29, 0.717) is 0 Å². The van der Waals surface area contributed by atoms with Gasteiger partial charge in [0.05, 0.1) is 0 Å². The minimum atomic E-state index is -1.23. The molecule has 0 fully saturated rings. The molecule has 6 heteroatoms. The lowest BCUT2D eigenvalue weighted by Crippen LogP contribution is -2.13. The third-order valence-electron chi connectivity index (χ3n) is 0.357. The molecule has 60 valence electrons. The van der Waals surface area contributed by atoms with Crippen molar-refractivity contribution in [3.05, 3.63) is 0 Å². The van der Waals surface area contributed by atoms with Crippen LogP contribution in [0.5, 0.6) is 0 Å². The van der Waals surface area contributed by atoms with Crippen LogP contribution in [0.2, 0.25) is 0 Å². The van der Waals surface area contributed by atoms with Crippen molar-refractivity contribution in [1.82, 2.24) is 0 Å². The Labute approximate surface area is 49.4 Å². The average molecular weight is 150 g/mol. The molecule has 0 bridgehead atoms. The van der Waals surface area contributed by atoms with Gasteiger partial charge in [-0.25, -0.2) is 4.79 Å². The van der Waals surface area contributed by atoms with E-state index < -0.39 is 12.1 Å². The highest BCUT2D eigenvalue weighted by Crippen LogP contribution is 1.73. The van der Waals surface area contributed by atoms with Gasteiger partial charge in [-0.05, 0) is 6.92 Å². The highest BCUT2D eigenvalue weighted by Gasteiger charge is 2.01. The molecular formula is C3H9F3O3. The van der Waals surface area contributed by atoms with Gasteiger partial charge >= 0.3 is 5.97 Å². The summed E-state index contributed by atoms with van der Waals surface area (Å²) in [7, 11) is 0. The molecule has 0 heterocycles. The van der Waals surface area contributed by atoms with Crippen molar-refractivity contribution in [2.75, 3.05) is 0 Å². The fourth-order valence-corrected chi connectivity index (χ4v) is 0. The molecule has 1 atom stereocenters. The molecule has 0 rings (SSSR count). The van der Waals surface area contributed by atoms with Gasteiger partial charge in [-0.2, -0.15) is 0 Å². The van der Waals surface area contributed by atoms with Gasteiger partial charge in [0.1, 0.15) is 6.10 Å². The molecule has 0 saturated heterocycles. The molecule has 0 aromatic carbocycles. The first-order chi connectivity index (χ1) is 2.64. The number of hydrogen-bond donors (Lipinski definition) is 2. The second kappa shape index (κ2) is 10.3. The standard InChI is InChI=1S/C3H6O3.3FH/c1-2(4)3(5)6;;;/h2,4H,1H3,(H,5,6);3*1H. The SMILES string of the molecule is CC(O)C(=O)O.F.F.F. The minimum Gasteiger partial charge on any atom is -0.479 e. The van der Waals surface area contributed by atoms with Crippen molar-refractivity contribution in [3.63, 3.8) is 0 Å². The lowest BCUT2D eigenvalue weighted by molar-refractivity contribution is -0.145. The van der Waals surface area contributed by atoms with E-state index >= 15 is 0 Å². The van der Waals surface area contributed by atoms with Crippen molar-refractivity contribution in [3.8, 4) is 0 Å². The van der Waals surface area contributed by atoms with Crippen LogP contribution < -0.4 is 0 Å². The number of carbonyl (C=O) groups is 1. The first kappa shape index (κ1) is 24.1. The summed E-state index contributed by atoms with van der Waals surface area (Å²) >= 11 is 0. The summed E-state index contributed by atoms with van der Waals surface area (Å²) in [6, 6.07) is 0. The molecule has 1 unspecified atom stereocenters. The first-order valence-electron chi connectivity index (χ1n) is 1.55. The Bertz CT molecular complexity index is 65.3. The first-order valence-corrected chi connectivity index (χ1v) is 1.55. The molecule has 0 aromatic heterocycles. The third kappa shape index (κ3) is 19.0. The van der Waals surface area contributed by atoms with Crippen LogP contribution in [-0.4, -0.2) is 22.3 Å². The lowest BCUT2D eigenvalue weighted by atomic mass is 10.4. The predicted octanol–water partition coefficient (Wildman–Crippen LogP) is -0.0907. The van der Waals surface area contributed by atoms with Crippen molar-refractivity contribution in [2.24, 2.45) is 0 Å². The highest BCUT2D eigenvalue weighted by atomic mass is 19.0. The van der Waals surface area contributed by atoms with Crippen molar-refractivity contribution >= 4 is 5.97 Å². The number of aliphatic hydroxyl groups is 1. The van der Waals surface area contributed by atoms with Crippen LogP contribution >= 0.6 is 0 Å². The van der Waals surface area contributed by atoms with E-state index in [-0.39, 0.29) is 14.1 Å². The molecule has 0 aliphatic heterocycles. The number of aliphatic carboxylic acids is 1. The smallest absolute Gasteiger partial charge is 0.332 e. The number of hydrogen-bond acceptors (Lipinski definition) is 2. The van der Waals surface area contributed by atoms with E-state index in [1.165, 1.54) is 6.92 Å². The summed E-state index contributed by atoms with van der Waals surface area (Å²) in [6.45, 7) is 1.20. The fraction of sp³-hybridized carbons (Fsp3) is 0.667. The van der Waals surface area contributed by atoms with Gasteiger partial charge in [-0.15, -0.1) is 0 Å². The molecule has 2 N–H and O–H groups in total. The summed E-state index contributed by atoms with van der Waals surface area (Å²) in [5.41, 5.74) is 0. The van der Waals surface area contributed by atoms with Gasteiger partial charge in [0.25, 0.3) is 0 Å². The number of carboxylic acid groups (broad SMARTS) is 1. The predicted molar refractivity (Wildman–Crippen MR) is 26.8 cm³/mol. The summed E-state index contributed by atoms with van der Waals surface area (Å²) in [5, 5.41) is 15.8. The molecule has 0 amide bonds. The molecule has 0 saturated carbocycles. The van der Waals surface area contributed by atoms with Crippen LogP contribution in [0.15, 0.2) is 0 Å².